The largest absolute Gasteiger partial charge is 0.325 e. The lowest BCUT2D eigenvalue weighted by atomic mass is 9.95. The van der Waals surface area contributed by atoms with E-state index in [9.17, 15) is 4.79 Å². The number of carbonyl (C=O) groups is 1. The van der Waals surface area contributed by atoms with Crippen molar-refractivity contribution in [1.82, 2.24) is 5.32 Å². The number of rotatable bonds is 2. The molecule has 0 fully saturated rings. The van der Waals surface area contributed by atoms with E-state index >= 15 is 0 Å². The lowest BCUT2D eigenvalue weighted by Crippen LogP contribution is -2.44. The van der Waals surface area contributed by atoms with Crippen LogP contribution in [-0.2, 0) is 17.8 Å². The summed E-state index contributed by atoms with van der Waals surface area (Å²) in [6.45, 7) is 2.66. The van der Waals surface area contributed by atoms with Gasteiger partial charge in [-0.1, -0.05) is 41.9 Å². The Bertz CT molecular complexity index is 684. The van der Waals surface area contributed by atoms with E-state index in [0.717, 1.165) is 17.8 Å². The van der Waals surface area contributed by atoms with Gasteiger partial charge in [0.2, 0.25) is 5.91 Å². The molecule has 1 heterocycles. The Labute approximate surface area is 129 Å². The van der Waals surface area contributed by atoms with Crippen molar-refractivity contribution in [3.05, 3.63) is 64.2 Å². The van der Waals surface area contributed by atoms with Crippen molar-refractivity contribution in [2.24, 2.45) is 0 Å². The summed E-state index contributed by atoms with van der Waals surface area (Å²) in [6.07, 6.45) is 0.710. The average Bonchev–Trinajstić information content (AvgIpc) is 2.50. The van der Waals surface area contributed by atoms with E-state index in [1.807, 2.05) is 31.2 Å². The number of benzene rings is 2. The third-order valence-electron chi connectivity index (χ3n) is 3.84. The fraction of sp³-hybridized carbons (Fsp3) is 0.235. The van der Waals surface area contributed by atoms with Crippen molar-refractivity contribution < 1.29 is 4.79 Å². The van der Waals surface area contributed by atoms with Crippen molar-refractivity contribution in [3.8, 4) is 0 Å². The van der Waals surface area contributed by atoms with Crippen LogP contribution in [0.25, 0.3) is 0 Å². The monoisotopic (exact) mass is 300 g/mol. The molecule has 1 unspecified atom stereocenters. The van der Waals surface area contributed by atoms with Crippen LogP contribution in [0.5, 0.6) is 0 Å². The van der Waals surface area contributed by atoms with Crippen LogP contribution in [-0.4, -0.2) is 11.9 Å². The predicted octanol–water partition coefficient (Wildman–Crippen LogP) is 3.30. The summed E-state index contributed by atoms with van der Waals surface area (Å²) in [5.41, 5.74) is 4.23. The molecule has 1 atom stereocenters. The first-order valence-electron chi connectivity index (χ1n) is 7.00. The number of halogens is 1. The second-order valence-corrected chi connectivity index (χ2v) is 5.77. The molecule has 2 N–H and O–H groups in total. The second-order valence-electron chi connectivity index (χ2n) is 5.36. The molecule has 0 spiro atoms. The van der Waals surface area contributed by atoms with E-state index in [4.69, 9.17) is 11.6 Å². The minimum atomic E-state index is -0.208. The van der Waals surface area contributed by atoms with Crippen molar-refractivity contribution in [2.45, 2.75) is 25.9 Å². The van der Waals surface area contributed by atoms with Crippen LogP contribution in [0.15, 0.2) is 42.5 Å². The average molecular weight is 301 g/mol. The highest BCUT2D eigenvalue weighted by Gasteiger charge is 2.23. The number of fused-ring (bicyclic) bond motifs is 1. The maximum atomic E-state index is 12.4. The molecule has 2 aromatic rings. The van der Waals surface area contributed by atoms with Crippen molar-refractivity contribution in [2.75, 3.05) is 5.32 Å². The zero-order valence-electron chi connectivity index (χ0n) is 11.8. The molecular weight excluding hydrogens is 284 g/mol. The lowest BCUT2D eigenvalue weighted by Gasteiger charge is -2.25. The van der Waals surface area contributed by atoms with Gasteiger partial charge in [0.1, 0.15) is 0 Å². The molecule has 108 valence electrons. The molecule has 2 aromatic carbocycles. The summed E-state index contributed by atoms with van der Waals surface area (Å²) in [7, 11) is 0. The summed E-state index contributed by atoms with van der Waals surface area (Å²) >= 11 is 6.08. The van der Waals surface area contributed by atoms with Crippen molar-refractivity contribution >= 4 is 23.2 Å². The van der Waals surface area contributed by atoms with Crippen LogP contribution >= 0.6 is 11.6 Å². The number of hydrogen-bond donors (Lipinski definition) is 2. The van der Waals surface area contributed by atoms with Gasteiger partial charge in [0.25, 0.3) is 0 Å². The Balaban J connectivity index is 1.70. The maximum absolute atomic E-state index is 12.4. The van der Waals surface area contributed by atoms with E-state index in [0.29, 0.717) is 11.4 Å². The molecular formula is C17H17ClN2O. The topological polar surface area (TPSA) is 41.1 Å². The summed E-state index contributed by atoms with van der Waals surface area (Å²) in [4.78, 5) is 12.4. The molecule has 0 saturated carbocycles. The third kappa shape index (κ3) is 3.09. The zero-order chi connectivity index (χ0) is 14.8. The van der Waals surface area contributed by atoms with E-state index in [-0.39, 0.29) is 11.9 Å². The van der Waals surface area contributed by atoms with Crippen LogP contribution in [0, 0.1) is 6.92 Å². The van der Waals surface area contributed by atoms with Crippen molar-refractivity contribution in [1.29, 1.82) is 0 Å². The first kappa shape index (κ1) is 14.1. The van der Waals surface area contributed by atoms with Gasteiger partial charge in [-0.2, -0.15) is 0 Å². The number of nitrogens with one attached hydrogen (secondary N) is 2. The number of anilines is 1. The number of amides is 1. The molecule has 0 radical (unpaired) electrons. The Morgan fingerprint density at radius 3 is 2.76 bits per heavy atom. The molecule has 0 bridgehead atoms. The Morgan fingerprint density at radius 2 is 2.00 bits per heavy atom. The van der Waals surface area contributed by atoms with E-state index in [2.05, 4.69) is 22.8 Å². The normalized spacial score (nSPS) is 17.1. The third-order valence-corrected chi connectivity index (χ3v) is 4.24. The fourth-order valence-electron chi connectivity index (χ4n) is 2.54. The summed E-state index contributed by atoms with van der Waals surface area (Å²) in [5.74, 6) is -0.0237. The summed E-state index contributed by atoms with van der Waals surface area (Å²) < 4.78 is 0. The Kier molecular flexibility index (Phi) is 3.95. The van der Waals surface area contributed by atoms with Crippen LogP contribution in [0.1, 0.15) is 16.7 Å². The summed E-state index contributed by atoms with van der Waals surface area (Å²) in [6, 6.07) is 13.6. The molecule has 1 aliphatic heterocycles. The Morgan fingerprint density at radius 1 is 1.24 bits per heavy atom. The van der Waals surface area contributed by atoms with Gasteiger partial charge >= 0.3 is 0 Å². The molecule has 0 aliphatic carbocycles. The first-order chi connectivity index (χ1) is 10.1. The Hall–Kier alpha value is -1.84. The van der Waals surface area contributed by atoms with E-state index in [1.54, 1.807) is 6.07 Å². The number of aryl methyl sites for hydroxylation is 1. The predicted molar refractivity (Wildman–Crippen MR) is 85.6 cm³/mol. The number of carbonyl (C=O) groups excluding carboxylic acids is 1. The van der Waals surface area contributed by atoms with Gasteiger partial charge < -0.3 is 10.6 Å². The van der Waals surface area contributed by atoms with Crippen molar-refractivity contribution in [3.63, 3.8) is 0 Å². The van der Waals surface area contributed by atoms with Crippen LogP contribution < -0.4 is 10.6 Å². The molecule has 3 rings (SSSR count). The van der Waals surface area contributed by atoms with E-state index in [1.165, 1.54) is 11.1 Å². The maximum Gasteiger partial charge on any atom is 0.241 e. The highest BCUT2D eigenvalue weighted by Crippen LogP contribution is 2.21. The lowest BCUT2D eigenvalue weighted by molar-refractivity contribution is -0.118. The van der Waals surface area contributed by atoms with Gasteiger partial charge in [0.15, 0.2) is 0 Å². The standard InChI is InChI=1S/C17H17ClN2O/c1-11-6-7-14(9-15(11)18)20-17(21)16-8-12-4-2-3-5-13(12)10-19-16/h2-7,9,16,19H,8,10H2,1H3,(H,20,21). The number of hydrogen-bond acceptors (Lipinski definition) is 2. The van der Waals surface area contributed by atoms with Gasteiger partial charge in [-0.05, 0) is 42.2 Å². The molecule has 0 saturated heterocycles. The van der Waals surface area contributed by atoms with E-state index < -0.39 is 0 Å². The van der Waals surface area contributed by atoms with Gasteiger partial charge in [-0.3, -0.25) is 4.79 Å². The summed E-state index contributed by atoms with van der Waals surface area (Å²) in [5, 5.41) is 6.86. The minimum Gasteiger partial charge on any atom is -0.325 e. The van der Waals surface area contributed by atoms with Gasteiger partial charge in [-0.15, -0.1) is 0 Å². The fourth-order valence-corrected chi connectivity index (χ4v) is 2.72. The molecule has 21 heavy (non-hydrogen) atoms. The molecule has 0 aromatic heterocycles. The van der Waals surface area contributed by atoms with Crippen LogP contribution in [0.4, 0.5) is 5.69 Å². The molecule has 4 heteroatoms. The van der Waals surface area contributed by atoms with Gasteiger partial charge in [0.05, 0.1) is 6.04 Å². The highest BCUT2D eigenvalue weighted by atomic mass is 35.5. The van der Waals surface area contributed by atoms with Crippen LogP contribution in [0.3, 0.4) is 0 Å². The van der Waals surface area contributed by atoms with Gasteiger partial charge in [0, 0.05) is 17.3 Å². The first-order valence-corrected chi connectivity index (χ1v) is 7.38. The quantitative estimate of drug-likeness (QED) is 0.893. The van der Waals surface area contributed by atoms with Crippen LogP contribution in [0.2, 0.25) is 5.02 Å². The SMILES string of the molecule is Cc1ccc(NC(=O)C2Cc3ccccc3CN2)cc1Cl. The smallest absolute Gasteiger partial charge is 0.241 e. The highest BCUT2D eigenvalue weighted by molar-refractivity contribution is 6.31. The molecule has 3 nitrogen and oxygen atoms in total. The van der Waals surface area contributed by atoms with Gasteiger partial charge in [-0.25, -0.2) is 0 Å². The minimum absolute atomic E-state index is 0.0237. The second kappa shape index (κ2) is 5.88. The molecule has 1 aliphatic rings. The zero-order valence-corrected chi connectivity index (χ0v) is 12.6. The molecule has 1 amide bonds.